The van der Waals surface area contributed by atoms with Crippen molar-refractivity contribution in [3.8, 4) is 0 Å². The number of nitrogens with zero attached hydrogens (tertiary/aromatic N) is 3. The van der Waals surface area contributed by atoms with Gasteiger partial charge in [-0.15, -0.1) is 0 Å². The molecule has 1 aliphatic rings. The molecule has 0 radical (unpaired) electrons. The zero-order valence-electron chi connectivity index (χ0n) is 18.2. The van der Waals surface area contributed by atoms with E-state index in [0.717, 1.165) is 40.4 Å². The number of para-hydroxylation sites is 2. The van der Waals surface area contributed by atoms with Gasteiger partial charge in [-0.3, -0.25) is 4.79 Å². The first-order chi connectivity index (χ1) is 15.4. The number of amides is 1. The van der Waals surface area contributed by atoms with Crippen molar-refractivity contribution in [2.75, 3.05) is 17.2 Å². The number of nitrogens with two attached hydrogens (primary N) is 1. The normalized spacial score (nSPS) is 13.6. The summed E-state index contributed by atoms with van der Waals surface area (Å²) in [7, 11) is -3.76. The number of aromatic nitrogens is 2. The first-order valence-corrected chi connectivity index (χ1v) is 13.5. The fourth-order valence-corrected chi connectivity index (χ4v) is 5.58. The molecular formula is C23H28N4O3S2. The number of fused-ring (bicyclic) bond motifs is 2. The molecule has 0 saturated carbocycles. The Morgan fingerprint density at radius 3 is 2.75 bits per heavy atom. The van der Waals surface area contributed by atoms with E-state index in [0.29, 0.717) is 13.0 Å². The quantitative estimate of drug-likeness (QED) is 0.376. The highest BCUT2D eigenvalue weighted by Crippen LogP contribution is 2.31. The van der Waals surface area contributed by atoms with Crippen molar-refractivity contribution in [3.05, 3.63) is 48.0 Å². The van der Waals surface area contributed by atoms with Crippen molar-refractivity contribution in [2.24, 2.45) is 5.14 Å². The van der Waals surface area contributed by atoms with Gasteiger partial charge in [-0.05, 0) is 48.7 Å². The Morgan fingerprint density at radius 2 is 1.97 bits per heavy atom. The van der Waals surface area contributed by atoms with Crippen molar-refractivity contribution in [1.29, 1.82) is 0 Å². The van der Waals surface area contributed by atoms with E-state index >= 15 is 0 Å². The number of carbonyl (C=O) groups excluding carboxylic acids is 1. The molecule has 1 aliphatic heterocycles. The molecule has 2 heterocycles. The third-order valence-electron chi connectivity index (χ3n) is 5.76. The van der Waals surface area contributed by atoms with Crippen molar-refractivity contribution >= 4 is 44.4 Å². The Kier molecular flexibility index (Phi) is 6.88. The predicted octanol–water partition coefficient (Wildman–Crippen LogP) is 3.95. The number of rotatable bonds is 9. The number of hydrogen-bond donors (Lipinski definition) is 1. The average Bonchev–Trinajstić information content (AvgIpc) is 3.35. The molecule has 0 aliphatic carbocycles. The lowest BCUT2D eigenvalue weighted by molar-refractivity contribution is -0.116. The van der Waals surface area contributed by atoms with Crippen LogP contribution in [0.1, 0.15) is 38.2 Å². The van der Waals surface area contributed by atoms with Gasteiger partial charge in [0, 0.05) is 18.8 Å². The van der Waals surface area contributed by atoms with Crippen LogP contribution in [0.2, 0.25) is 0 Å². The maximum atomic E-state index is 13.0. The molecule has 7 nitrogen and oxygen atoms in total. The van der Waals surface area contributed by atoms with Gasteiger partial charge in [-0.2, -0.15) is 0 Å². The standard InChI is InChI=1S/C23H28N4O3S2/c1-2-3-4-7-13-27-21-9-6-5-8-19(21)25-23(27)31-16-22(28)26-14-12-17-15-18(32(24,29)30)10-11-20(17)26/h5-6,8-11,15H,2-4,7,12-14,16H2,1H3,(H2,24,29,30). The van der Waals surface area contributed by atoms with Crippen LogP contribution in [-0.2, 0) is 27.8 Å². The van der Waals surface area contributed by atoms with Crippen LogP contribution in [-0.4, -0.2) is 36.2 Å². The minimum absolute atomic E-state index is 0.0123. The summed E-state index contributed by atoms with van der Waals surface area (Å²) in [5.41, 5.74) is 3.63. The van der Waals surface area contributed by atoms with Crippen LogP contribution < -0.4 is 10.0 Å². The molecule has 1 aromatic heterocycles. The molecule has 0 saturated heterocycles. The number of primary sulfonamides is 1. The molecule has 0 atom stereocenters. The van der Waals surface area contributed by atoms with E-state index in [1.54, 1.807) is 17.0 Å². The minimum atomic E-state index is -3.76. The van der Waals surface area contributed by atoms with Gasteiger partial charge in [0.15, 0.2) is 5.16 Å². The van der Waals surface area contributed by atoms with Crippen LogP contribution in [0.3, 0.4) is 0 Å². The first-order valence-electron chi connectivity index (χ1n) is 10.9. The fourth-order valence-electron chi connectivity index (χ4n) is 4.09. The van der Waals surface area contributed by atoms with Crippen LogP contribution in [0.25, 0.3) is 11.0 Å². The molecule has 1 amide bonds. The average molecular weight is 473 g/mol. The van der Waals surface area contributed by atoms with E-state index in [1.165, 1.54) is 37.1 Å². The molecule has 9 heteroatoms. The summed E-state index contributed by atoms with van der Waals surface area (Å²) in [5, 5.41) is 6.10. The highest BCUT2D eigenvalue weighted by Gasteiger charge is 2.26. The summed E-state index contributed by atoms with van der Waals surface area (Å²) in [6.07, 6.45) is 5.29. The topological polar surface area (TPSA) is 98.3 Å². The fraction of sp³-hybridized carbons (Fsp3) is 0.391. The van der Waals surface area contributed by atoms with Gasteiger partial charge >= 0.3 is 0 Å². The summed E-state index contributed by atoms with van der Waals surface area (Å²) in [5.74, 6) is 0.260. The lowest BCUT2D eigenvalue weighted by atomic mass is 10.2. The van der Waals surface area contributed by atoms with E-state index in [-0.39, 0.29) is 16.6 Å². The number of unbranched alkanes of at least 4 members (excludes halogenated alkanes) is 3. The molecule has 0 unspecified atom stereocenters. The maximum absolute atomic E-state index is 13.0. The summed E-state index contributed by atoms with van der Waals surface area (Å²) >= 11 is 1.46. The zero-order valence-corrected chi connectivity index (χ0v) is 19.8. The smallest absolute Gasteiger partial charge is 0.238 e. The molecular weight excluding hydrogens is 444 g/mol. The lowest BCUT2D eigenvalue weighted by Crippen LogP contribution is -2.30. The third kappa shape index (κ3) is 4.84. The Labute approximate surface area is 193 Å². The largest absolute Gasteiger partial charge is 0.319 e. The molecule has 3 aromatic rings. The monoisotopic (exact) mass is 472 g/mol. The van der Waals surface area contributed by atoms with Gasteiger partial charge in [-0.25, -0.2) is 18.5 Å². The molecule has 2 aromatic carbocycles. The highest BCUT2D eigenvalue weighted by atomic mass is 32.2. The highest BCUT2D eigenvalue weighted by molar-refractivity contribution is 7.99. The maximum Gasteiger partial charge on any atom is 0.238 e. The van der Waals surface area contributed by atoms with Gasteiger partial charge in [0.1, 0.15) is 0 Å². The van der Waals surface area contributed by atoms with Crippen LogP contribution in [0.15, 0.2) is 52.5 Å². The lowest BCUT2D eigenvalue weighted by Gasteiger charge is -2.17. The summed E-state index contributed by atoms with van der Waals surface area (Å²) in [6, 6.07) is 12.8. The Morgan fingerprint density at radius 1 is 1.16 bits per heavy atom. The van der Waals surface area contributed by atoms with Crippen LogP contribution in [0, 0.1) is 0 Å². The molecule has 170 valence electrons. The molecule has 2 N–H and O–H groups in total. The van der Waals surface area contributed by atoms with Crippen molar-refractivity contribution < 1.29 is 13.2 Å². The number of imidazole rings is 1. The molecule has 0 fully saturated rings. The van der Waals surface area contributed by atoms with Gasteiger partial charge in [0.25, 0.3) is 0 Å². The van der Waals surface area contributed by atoms with Crippen LogP contribution >= 0.6 is 11.8 Å². The van der Waals surface area contributed by atoms with Gasteiger partial charge < -0.3 is 9.47 Å². The Hall–Kier alpha value is -2.36. The SMILES string of the molecule is CCCCCCn1c(SCC(=O)N2CCc3cc(S(N)(=O)=O)ccc32)nc2ccccc21. The summed E-state index contributed by atoms with van der Waals surface area (Å²) in [6.45, 7) is 3.63. The molecule has 0 spiro atoms. The number of carbonyl (C=O) groups is 1. The van der Waals surface area contributed by atoms with Crippen LogP contribution in [0.4, 0.5) is 5.69 Å². The van der Waals surface area contributed by atoms with Gasteiger partial charge in [0.2, 0.25) is 15.9 Å². The van der Waals surface area contributed by atoms with E-state index in [4.69, 9.17) is 10.1 Å². The second-order valence-corrected chi connectivity index (χ2v) is 10.5. The first kappa shape index (κ1) is 22.8. The second-order valence-electron chi connectivity index (χ2n) is 8.01. The zero-order chi connectivity index (χ0) is 22.7. The number of anilines is 1. The summed E-state index contributed by atoms with van der Waals surface area (Å²) in [4.78, 5) is 19.6. The third-order valence-corrected chi connectivity index (χ3v) is 7.63. The number of benzene rings is 2. The van der Waals surface area contributed by atoms with E-state index in [1.807, 2.05) is 18.2 Å². The second kappa shape index (κ2) is 9.64. The van der Waals surface area contributed by atoms with Crippen LogP contribution in [0.5, 0.6) is 0 Å². The molecule has 32 heavy (non-hydrogen) atoms. The predicted molar refractivity (Wildman–Crippen MR) is 128 cm³/mol. The number of aryl methyl sites for hydroxylation is 1. The van der Waals surface area contributed by atoms with Crippen molar-refractivity contribution in [2.45, 2.75) is 55.6 Å². The van der Waals surface area contributed by atoms with Gasteiger partial charge in [-0.1, -0.05) is 50.1 Å². The Balaban J connectivity index is 1.48. The van der Waals surface area contributed by atoms with E-state index < -0.39 is 10.0 Å². The Bertz CT molecular complexity index is 1240. The summed E-state index contributed by atoms with van der Waals surface area (Å²) < 4.78 is 25.4. The molecule has 4 rings (SSSR count). The van der Waals surface area contributed by atoms with E-state index in [9.17, 15) is 13.2 Å². The minimum Gasteiger partial charge on any atom is -0.319 e. The van der Waals surface area contributed by atoms with Crippen molar-refractivity contribution in [1.82, 2.24) is 9.55 Å². The number of hydrogen-bond acceptors (Lipinski definition) is 5. The van der Waals surface area contributed by atoms with Crippen molar-refractivity contribution in [3.63, 3.8) is 0 Å². The van der Waals surface area contributed by atoms with E-state index in [2.05, 4.69) is 17.6 Å². The molecule has 0 bridgehead atoms. The number of thioether (sulfide) groups is 1. The van der Waals surface area contributed by atoms with Gasteiger partial charge in [0.05, 0.1) is 21.7 Å². The number of sulfonamides is 1.